The van der Waals surface area contributed by atoms with Crippen molar-refractivity contribution in [3.8, 4) is 0 Å². The van der Waals surface area contributed by atoms with Crippen LogP contribution in [0.3, 0.4) is 0 Å². The molecule has 1 aromatic heterocycles. The molecule has 1 rings (SSSR count). The maximum atomic E-state index is 12.1. The molecule has 0 aliphatic carbocycles. The van der Waals surface area contributed by atoms with E-state index in [0.717, 1.165) is 25.2 Å². The van der Waals surface area contributed by atoms with E-state index in [0.29, 0.717) is 13.0 Å². The van der Waals surface area contributed by atoms with Crippen molar-refractivity contribution in [3.05, 3.63) is 12.2 Å². The fourth-order valence-electron chi connectivity index (χ4n) is 1.76. The number of aromatic nitrogens is 3. The van der Waals surface area contributed by atoms with E-state index < -0.39 is 0 Å². The minimum absolute atomic E-state index is 0.0939. The molecule has 1 heterocycles. The molecule has 0 aliphatic rings. The Hall–Kier alpha value is -1.23. The largest absolute Gasteiger partial charge is 0.371 e. The second-order valence-electron chi connectivity index (χ2n) is 3.87. The molecule has 1 atom stereocenters. The van der Waals surface area contributed by atoms with Crippen LogP contribution < -0.4 is 0 Å². The third-order valence-corrected chi connectivity index (χ3v) is 2.61. The van der Waals surface area contributed by atoms with E-state index >= 15 is 0 Å². The van der Waals surface area contributed by atoms with Crippen LogP contribution in [0.2, 0.25) is 0 Å². The van der Waals surface area contributed by atoms with Gasteiger partial charge in [-0.15, -0.1) is 0 Å². The first-order valence-electron chi connectivity index (χ1n) is 6.23. The minimum atomic E-state index is -0.299. The first kappa shape index (κ1) is 13.8. The Morgan fingerprint density at radius 1 is 1.47 bits per heavy atom. The van der Waals surface area contributed by atoms with Crippen molar-refractivity contribution >= 4 is 5.78 Å². The van der Waals surface area contributed by atoms with Crippen LogP contribution >= 0.6 is 0 Å². The SMILES string of the molecule is CCCC(OCC)C(=O)Cc1ncnn1CC. The zero-order chi connectivity index (χ0) is 12.7. The van der Waals surface area contributed by atoms with Crippen LogP contribution in [0.1, 0.15) is 39.4 Å². The van der Waals surface area contributed by atoms with E-state index in [4.69, 9.17) is 4.74 Å². The number of ketones is 1. The van der Waals surface area contributed by atoms with Crippen LogP contribution in [0, 0.1) is 0 Å². The number of Topliss-reactive ketones (excluding diaryl/α,β-unsaturated/α-hetero) is 1. The van der Waals surface area contributed by atoms with Crippen LogP contribution in [-0.2, 0) is 22.5 Å². The molecule has 0 amide bonds. The molecule has 0 aromatic carbocycles. The molecule has 1 unspecified atom stereocenters. The molecule has 17 heavy (non-hydrogen) atoms. The molecule has 0 saturated carbocycles. The number of carbonyl (C=O) groups is 1. The molecule has 0 saturated heterocycles. The number of hydrogen-bond acceptors (Lipinski definition) is 4. The molecular weight excluding hydrogens is 218 g/mol. The van der Waals surface area contributed by atoms with Gasteiger partial charge in [0.1, 0.15) is 18.3 Å². The fraction of sp³-hybridized carbons (Fsp3) is 0.750. The summed E-state index contributed by atoms with van der Waals surface area (Å²) in [6.07, 6.45) is 3.20. The van der Waals surface area contributed by atoms with Gasteiger partial charge in [0, 0.05) is 13.2 Å². The van der Waals surface area contributed by atoms with Crippen molar-refractivity contribution in [1.82, 2.24) is 14.8 Å². The number of hydrogen-bond donors (Lipinski definition) is 0. The Morgan fingerprint density at radius 3 is 2.82 bits per heavy atom. The lowest BCUT2D eigenvalue weighted by molar-refractivity contribution is -0.130. The summed E-state index contributed by atoms with van der Waals surface area (Å²) in [4.78, 5) is 16.2. The zero-order valence-electron chi connectivity index (χ0n) is 10.8. The topological polar surface area (TPSA) is 57.0 Å². The number of carbonyl (C=O) groups excluding carboxylic acids is 1. The van der Waals surface area contributed by atoms with Crippen molar-refractivity contribution in [2.75, 3.05) is 6.61 Å². The lowest BCUT2D eigenvalue weighted by Gasteiger charge is -2.14. The van der Waals surface area contributed by atoms with E-state index in [1.54, 1.807) is 4.68 Å². The average Bonchev–Trinajstić information content (AvgIpc) is 2.76. The van der Waals surface area contributed by atoms with Crippen molar-refractivity contribution < 1.29 is 9.53 Å². The number of aryl methyl sites for hydroxylation is 1. The predicted molar refractivity (Wildman–Crippen MR) is 64.7 cm³/mol. The summed E-state index contributed by atoms with van der Waals surface area (Å²) in [5.74, 6) is 0.815. The molecule has 0 radical (unpaired) electrons. The number of nitrogens with zero attached hydrogens (tertiary/aromatic N) is 3. The van der Waals surface area contributed by atoms with Gasteiger partial charge < -0.3 is 4.74 Å². The van der Waals surface area contributed by atoms with Crippen molar-refractivity contribution in [3.63, 3.8) is 0 Å². The molecule has 5 nitrogen and oxygen atoms in total. The van der Waals surface area contributed by atoms with Gasteiger partial charge in [0.15, 0.2) is 5.78 Å². The molecule has 0 bridgehead atoms. The smallest absolute Gasteiger partial charge is 0.169 e. The van der Waals surface area contributed by atoms with Gasteiger partial charge in [-0.1, -0.05) is 13.3 Å². The third-order valence-electron chi connectivity index (χ3n) is 2.61. The van der Waals surface area contributed by atoms with E-state index in [1.165, 1.54) is 6.33 Å². The quantitative estimate of drug-likeness (QED) is 0.691. The van der Waals surface area contributed by atoms with Gasteiger partial charge in [-0.25, -0.2) is 9.67 Å². The summed E-state index contributed by atoms with van der Waals surface area (Å²) in [6.45, 7) is 7.24. The van der Waals surface area contributed by atoms with Gasteiger partial charge in [-0.3, -0.25) is 4.79 Å². The Bertz CT molecular complexity index is 343. The first-order valence-corrected chi connectivity index (χ1v) is 6.23. The molecule has 5 heteroatoms. The van der Waals surface area contributed by atoms with Crippen molar-refractivity contribution in [2.24, 2.45) is 0 Å². The molecule has 0 spiro atoms. The third kappa shape index (κ3) is 3.93. The van der Waals surface area contributed by atoms with E-state index in [1.807, 2.05) is 20.8 Å². The Labute approximate surface area is 102 Å². The van der Waals surface area contributed by atoms with Crippen LogP contribution in [0.4, 0.5) is 0 Å². The number of rotatable bonds is 8. The van der Waals surface area contributed by atoms with Gasteiger partial charge >= 0.3 is 0 Å². The van der Waals surface area contributed by atoms with E-state index in [2.05, 4.69) is 10.1 Å². The monoisotopic (exact) mass is 239 g/mol. The van der Waals surface area contributed by atoms with Gasteiger partial charge in [-0.2, -0.15) is 5.10 Å². The fourth-order valence-corrected chi connectivity index (χ4v) is 1.76. The average molecular weight is 239 g/mol. The Kier molecular flexibility index (Phi) is 5.83. The molecule has 1 aromatic rings. The second kappa shape index (κ2) is 7.17. The van der Waals surface area contributed by atoms with Crippen molar-refractivity contribution in [2.45, 2.75) is 52.7 Å². The van der Waals surface area contributed by atoms with E-state index in [9.17, 15) is 4.79 Å². The molecule has 0 N–H and O–H groups in total. The van der Waals surface area contributed by atoms with Gasteiger partial charge in [0.05, 0.1) is 6.42 Å². The van der Waals surface area contributed by atoms with E-state index in [-0.39, 0.29) is 11.9 Å². The van der Waals surface area contributed by atoms with Crippen LogP contribution in [0.5, 0.6) is 0 Å². The Morgan fingerprint density at radius 2 is 2.24 bits per heavy atom. The highest BCUT2D eigenvalue weighted by Gasteiger charge is 2.19. The van der Waals surface area contributed by atoms with Crippen molar-refractivity contribution in [1.29, 1.82) is 0 Å². The number of ether oxygens (including phenoxy) is 1. The van der Waals surface area contributed by atoms with Gasteiger partial charge in [0.25, 0.3) is 0 Å². The summed E-state index contributed by atoms with van der Waals surface area (Å²) < 4.78 is 7.20. The maximum Gasteiger partial charge on any atom is 0.169 e. The summed E-state index contributed by atoms with van der Waals surface area (Å²) in [5, 5.41) is 4.05. The normalized spacial score (nSPS) is 12.6. The first-order chi connectivity index (χ1) is 8.22. The molecule has 0 fully saturated rings. The Balaban J connectivity index is 2.62. The highest BCUT2D eigenvalue weighted by atomic mass is 16.5. The lowest BCUT2D eigenvalue weighted by atomic mass is 10.1. The summed E-state index contributed by atoms with van der Waals surface area (Å²) in [5.41, 5.74) is 0. The zero-order valence-corrected chi connectivity index (χ0v) is 10.8. The second-order valence-corrected chi connectivity index (χ2v) is 3.87. The summed E-state index contributed by atoms with van der Waals surface area (Å²) >= 11 is 0. The molecule has 96 valence electrons. The summed E-state index contributed by atoms with van der Waals surface area (Å²) in [6, 6.07) is 0. The maximum absolute atomic E-state index is 12.1. The highest BCUT2D eigenvalue weighted by molar-refractivity contribution is 5.84. The van der Waals surface area contributed by atoms with Crippen LogP contribution in [0.15, 0.2) is 6.33 Å². The van der Waals surface area contributed by atoms with Gasteiger partial charge in [-0.05, 0) is 20.3 Å². The highest BCUT2D eigenvalue weighted by Crippen LogP contribution is 2.07. The van der Waals surface area contributed by atoms with Crippen LogP contribution in [-0.4, -0.2) is 33.3 Å². The summed E-state index contributed by atoms with van der Waals surface area (Å²) in [7, 11) is 0. The lowest BCUT2D eigenvalue weighted by Crippen LogP contribution is -2.27. The predicted octanol–water partition coefficient (Wildman–Crippen LogP) is 1.61. The van der Waals surface area contributed by atoms with Crippen LogP contribution in [0.25, 0.3) is 0 Å². The van der Waals surface area contributed by atoms with Gasteiger partial charge in [0.2, 0.25) is 0 Å². The molecular formula is C12H21N3O2. The standard InChI is InChI=1S/C12H21N3O2/c1-4-7-11(17-6-3)10(16)8-12-13-9-14-15(12)5-2/h9,11H,4-8H2,1-3H3. The minimum Gasteiger partial charge on any atom is -0.371 e. The molecule has 0 aliphatic heterocycles.